The van der Waals surface area contributed by atoms with Crippen LogP contribution in [0.2, 0.25) is 0 Å². The van der Waals surface area contributed by atoms with Gasteiger partial charge < -0.3 is 14.7 Å². The Kier molecular flexibility index (Phi) is 7.24. The first-order valence-corrected chi connectivity index (χ1v) is 9.58. The van der Waals surface area contributed by atoms with E-state index < -0.39 is 12.1 Å². The molecule has 1 spiro atoms. The van der Waals surface area contributed by atoms with Gasteiger partial charge in [-0.3, -0.25) is 9.69 Å². The van der Waals surface area contributed by atoms with Crippen LogP contribution in [0.5, 0.6) is 0 Å². The zero-order valence-electron chi connectivity index (χ0n) is 15.0. The van der Waals surface area contributed by atoms with E-state index in [1.807, 2.05) is 21.7 Å². The summed E-state index contributed by atoms with van der Waals surface area (Å²) < 4.78 is 37.5. The summed E-state index contributed by atoms with van der Waals surface area (Å²) in [4.78, 5) is 25.8. The van der Waals surface area contributed by atoms with E-state index >= 15 is 0 Å². The molecule has 2 fully saturated rings. The Morgan fingerprint density at radius 1 is 1.30 bits per heavy atom. The van der Waals surface area contributed by atoms with Gasteiger partial charge in [0.1, 0.15) is 0 Å². The second kappa shape index (κ2) is 9.03. The maximum atomic E-state index is 12.4. The average Bonchev–Trinajstić information content (AvgIpc) is 3.16. The summed E-state index contributed by atoms with van der Waals surface area (Å²) in [5.74, 6) is -2.58. The van der Waals surface area contributed by atoms with Crippen LogP contribution >= 0.6 is 11.3 Å². The zero-order chi connectivity index (χ0) is 20.1. The van der Waals surface area contributed by atoms with E-state index in [0.717, 1.165) is 57.8 Å². The molecule has 0 bridgehead atoms. The third kappa shape index (κ3) is 5.43. The highest BCUT2D eigenvalue weighted by molar-refractivity contribution is 7.08. The summed E-state index contributed by atoms with van der Waals surface area (Å²) in [5.41, 5.74) is 0.997. The summed E-state index contributed by atoms with van der Waals surface area (Å²) in [6.45, 7) is 7.66. The van der Waals surface area contributed by atoms with Crippen molar-refractivity contribution in [2.75, 3.05) is 39.4 Å². The van der Waals surface area contributed by atoms with Crippen LogP contribution in [0.3, 0.4) is 0 Å². The smallest absolute Gasteiger partial charge is 0.475 e. The lowest BCUT2D eigenvalue weighted by molar-refractivity contribution is -0.192. The zero-order valence-corrected chi connectivity index (χ0v) is 15.8. The molecule has 0 aliphatic carbocycles. The number of ether oxygens (including phenoxy) is 1. The van der Waals surface area contributed by atoms with Crippen LogP contribution in [-0.4, -0.2) is 77.9 Å². The molecule has 3 rings (SSSR count). The Morgan fingerprint density at radius 2 is 1.93 bits per heavy atom. The van der Waals surface area contributed by atoms with E-state index in [9.17, 15) is 18.0 Å². The number of likely N-dealkylation sites (N-methyl/N-ethyl adjacent to an activating group) is 1. The van der Waals surface area contributed by atoms with Crippen molar-refractivity contribution >= 4 is 23.2 Å². The van der Waals surface area contributed by atoms with E-state index in [4.69, 9.17) is 14.6 Å². The SMILES string of the molecule is CCN1CCOCC12CCN(C(=O)c1ccsc1)CC2.O=C(O)C(F)(F)F. The monoisotopic (exact) mass is 408 g/mol. The molecular formula is C17H23F3N2O4S. The van der Waals surface area contributed by atoms with E-state index in [1.54, 1.807) is 11.3 Å². The normalized spacial score (nSPS) is 20.1. The number of morpholine rings is 1. The molecule has 0 atom stereocenters. The van der Waals surface area contributed by atoms with Crippen molar-refractivity contribution in [1.29, 1.82) is 0 Å². The predicted octanol–water partition coefficient (Wildman–Crippen LogP) is 2.71. The number of alkyl halides is 3. The lowest BCUT2D eigenvalue weighted by Gasteiger charge is -2.50. The minimum atomic E-state index is -5.08. The molecule has 2 aliphatic rings. The number of aliphatic carboxylic acids is 1. The minimum absolute atomic E-state index is 0.165. The topological polar surface area (TPSA) is 70.1 Å². The van der Waals surface area contributed by atoms with Crippen molar-refractivity contribution in [2.45, 2.75) is 31.5 Å². The Morgan fingerprint density at radius 3 is 2.41 bits per heavy atom. The van der Waals surface area contributed by atoms with Crippen molar-refractivity contribution in [3.05, 3.63) is 22.4 Å². The van der Waals surface area contributed by atoms with E-state index in [-0.39, 0.29) is 11.4 Å². The van der Waals surface area contributed by atoms with Gasteiger partial charge in [-0.15, -0.1) is 0 Å². The molecule has 0 unspecified atom stereocenters. The highest BCUT2D eigenvalue weighted by atomic mass is 32.1. The first-order chi connectivity index (χ1) is 12.7. The summed E-state index contributed by atoms with van der Waals surface area (Å²) in [5, 5.41) is 11.0. The number of likely N-dealkylation sites (tertiary alicyclic amines) is 1. The van der Waals surface area contributed by atoms with E-state index in [2.05, 4.69) is 11.8 Å². The lowest BCUT2D eigenvalue weighted by Crippen LogP contribution is -2.61. The van der Waals surface area contributed by atoms with Crippen molar-refractivity contribution in [2.24, 2.45) is 0 Å². The van der Waals surface area contributed by atoms with Crippen LogP contribution in [-0.2, 0) is 9.53 Å². The van der Waals surface area contributed by atoms with Gasteiger partial charge in [0.2, 0.25) is 0 Å². The number of nitrogens with zero attached hydrogens (tertiary/aromatic N) is 2. The van der Waals surface area contributed by atoms with Crippen LogP contribution in [0.25, 0.3) is 0 Å². The Hall–Kier alpha value is -1.65. The van der Waals surface area contributed by atoms with Gasteiger partial charge in [-0.2, -0.15) is 24.5 Å². The largest absolute Gasteiger partial charge is 0.490 e. The number of piperidine rings is 1. The van der Waals surface area contributed by atoms with Gasteiger partial charge in [-0.25, -0.2) is 4.79 Å². The minimum Gasteiger partial charge on any atom is -0.475 e. The lowest BCUT2D eigenvalue weighted by atomic mass is 9.85. The first-order valence-electron chi connectivity index (χ1n) is 8.64. The molecule has 2 saturated heterocycles. The molecule has 1 aromatic heterocycles. The molecule has 27 heavy (non-hydrogen) atoms. The summed E-state index contributed by atoms with van der Waals surface area (Å²) >= 11 is 1.58. The van der Waals surface area contributed by atoms with Crippen molar-refractivity contribution in [3.8, 4) is 0 Å². The molecule has 152 valence electrons. The number of carbonyl (C=O) groups excluding carboxylic acids is 1. The average molecular weight is 408 g/mol. The fourth-order valence-electron chi connectivity index (χ4n) is 3.41. The number of thiophene rings is 1. The van der Waals surface area contributed by atoms with Crippen LogP contribution < -0.4 is 0 Å². The Labute approximate surface area is 159 Å². The Bertz CT molecular complexity index is 629. The number of halogens is 3. The molecule has 0 saturated carbocycles. The predicted molar refractivity (Wildman–Crippen MR) is 93.9 cm³/mol. The maximum absolute atomic E-state index is 12.4. The van der Waals surface area contributed by atoms with Gasteiger partial charge in [-0.05, 0) is 30.8 Å². The van der Waals surface area contributed by atoms with Gasteiger partial charge in [-0.1, -0.05) is 6.92 Å². The molecule has 0 radical (unpaired) electrons. The molecule has 6 nitrogen and oxygen atoms in total. The van der Waals surface area contributed by atoms with Gasteiger partial charge in [0, 0.05) is 30.6 Å². The summed E-state index contributed by atoms with van der Waals surface area (Å²) in [6, 6.07) is 1.92. The highest BCUT2D eigenvalue weighted by Crippen LogP contribution is 2.32. The molecule has 10 heteroatoms. The molecule has 1 aromatic rings. The maximum Gasteiger partial charge on any atom is 0.490 e. The summed E-state index contributed by atoms with van der Waals surface area (Å²) in [6.07, 6.45) is -3.03. The standard InChI is InChI=1S/C15H22N2O2S.C2HF3O2/c1-2-17-8-9-19-12-15(17)4-6-16(7-5-15)14(18)13-3-10-20-11-13;3-2(4,5)1(6)7/h3,10-11H,2,4-9,12H2,1H3;(H,6,7). The van der Waals surface area contributed by atoms with Crippen LogP contribution in [0.15, 0.2) is 16.8 Å². The molecule has 1 amide bonds. The highest BCUT2D eigenvalue weighted by Gasteiger charge is 2.42. The second-order valence-corrected chi connectivity index (χ2v) is 7.24. The van der Waals surface area contributed by atoms with Crippen molar-refractivity contribution in [1.82, 2.24) is 9.80 Å². The number of carbonyl (C=O) groups is 2. The fraction of sp³-hybridized carbons (Fsp3) is 0.647. The number of rotatable bonds is 2. The molecule has 1 N–H and O–H groups in total. The molecule has 3 heterocycles. The van der Waals surface area contributed by atoms with Gasteiger partial charge in [0.15, 0.2) is 0 Å². The number of hydrogen-bond acceptors (Lipinski definition) is 5. The fourth-order valence-corrected chi connectivity index (χ4v) is 4.04. The van der Waals surface area contributed by atoms with Crippen molar-refractivity contribution in [3.63, 3.8) is 0 Å². The van der Waals surface area contributed by atoms with Crippen molar-refractivity contribution < 1.29 is 32.6 Å². The number of hydrogen-bond donors (Lipinski definition) is 1. The summed E-state index contributed by atoms with van der Waals surface area (Å²) in [7, 11) is 0. The number of amides is 1. The number of carboxylic acid groups (broad SMARTS) is 1. The van der Waals surface area contributed by atoms with Gasteiger partial charge in [0.25, 0.3) is 5.91 Å². The molecule has 0 aromatic carbocycles. The van der Waals surface area contributed by atoms with Gasteiger partial charge in [0.05, 0.1) is 18.8 Å². The van der Waals surface area contributed by atoms with Crippen LogP contribution in [0.4, 0.5) is 13.2 Å². The Balaban J connectivity index is 0.000000321. The molecular weight excluding hydrogens is 385 g/mol. The van der Waals surface area contributed by atoms with Crippen LogP contribution in [0, 0.1) is 0 Å². The van der Waals surface area contributed by atoms with E-state index in [1.165, 1.54) is 0 Å². The van der Waals surface area contributed by atoms with E-state index in [0.29, 0.717) is 0 Å². The van der Waals surface area contributed by atoms with Crippen LogP contribution in [0.1, 0.15) is 30.1 Å². The quantitative estimate of drug-likeness (QED) is 0.815. The first kappa shape index (κ1) is 21.6. The second-order valence-electron chi connectivity index (χ2n) is 6.46. The molecule has 2 aliphatic heterocycles. The third-order valence-corrected chi connectivity index (χ3v) is 5.60. The number of carboxylic acids is 1. The van der Waals surface area contributed by atoms with Gasteiger partial charge >= 0.3 is 12.1 Å². The third-order valence-electron chi connectivity index (χ3n) is 4.92.